The van der Waals surface area contributed by atoms with Crippen LogP contribution in [0.1, 0.15) is 17.9 Å². The highest BCUT2D eigenvalue weighted by Crippen LogP contribution is 2.20. The van der Waals surface area contributed by atoms with Crippen LogP contribution in [0, 0.1) is 5.82 Å². The number of nitrogens with zero attached hydrogens (tertiary/aromatic N) is 2. The number of hydrogen-bond donors (Lipinski definition) is 1. The molecule has 4 nitrogen and oxygen atoms in total. The third-order valence-electron chi connectivity index (χ3n) is 2.55. The van der Waals surface area contributed by atoms with Crippen LogP contribution >= 0.6 is 0 Å². The van der Waals surface area contributed by atoms with Crippen LogP contribution in [-0.2, 0) is 13.2 Å². The minimum absolute atomic E-state index is 0.0253. The van der Waals surface area contributed by atoms with Gasteiger partial charge >= 0.3 is 6.55 Å². The molecule has 0 atom stereocenters. The highest BCUT2D eigenvalue weighted by atomic mass is 19.3. The van der Waals surface area contributed by atoms with Gasteiger partial charge in [-0.15, -0.1) is 0 Å². The Kier molecular flexibility index (Phi) is 4.06. The van der Waals surface area contributed by atoms with Crippen LogP contribution in [0.4, 0.5) is 13.2 Å². The van der Waals surface area contributed by atoms with E-state index in [-0.39, 0.29) is 24.7 Å². The molecule has 0 aliphatic carbocycles. The third-order valence-corrected chi connectivity index (χ3v) is 2.55. The molecule has 0 aliphatic rings. The first-order chi connectivity index (χ1) is 9.11. The summed E-state index contributed by atoms with van der Waals surface area (Å²) in [5.74, 6) is -0.587. The Morgan fingerprint density at radius 1 is 1.37 bits per heavy atom. The molecule has 2 rings (SSSR count). The van der Waals surface area contributed by atoms with Crippen LogP contribution in [0.15, 0.2) is 30.6 Å². The van der Waals surface area contributed by atoms with E-state index in [1.165, 1.54) is 18.3 Å². The number of rotatable bonds is 5. The summed E-state index contributed by atoms with van der Waals surface area (Å²) >= 11 is 0. The van der Waals surface area contributed by atoms with Gasteiger partial charge in [-0.3, -0.25) is 4.57 Å². The van der Waals surface area contributed by atoms with Crippen LogP contribution < -0.4 is 10.5 Å². The van der Waals surface area contributed by atoms with Gasteiger partial charge in [0, 0.05) is 18.9 Å². The zero-order chi connectivity index (χ0) is 13.8. The number of aromatic nitrogens is 2. The summed E-state index contributed by atoms with van der Waals surface area (Å²) in [5, 5.41) is 0. The largest absolute Gasteiger partial charge is 0.483 e. The molecule has 0 unspecified atom stereocenters. The van der Waals surface area contributed by atoms with Crippen molar-refractivity contribution in [2.75, 3.05) is 0 Å². The van der Waals surface area contributed by atoms with Crippen molar-refractivity contribution in [3.8, 4) is 5.75 Å². The molecular formula is C12H12F3N3O. The summed E-state index contributed by atoms with van der Waals surface area (Å²) < 4.78 is 44.5. The lowest BCUT2D eigenvalue weighted by Gasteiger charge is -2.09. The van der Waals surface area contributed by atoms with Crippen molar-refractivity contribution in [1.29, 1.82) is 0 Å². The summed E-state index contributed by atoms with van der Waals surface area (Å²) in [6.07, 6.45) is 2.37. The van der Waals surface area contributed by atoms with Crippen LogP contribution in [0.5, 0.6) is 5.75 Å². The standard InChI is InChI=1S/C12H12F3N3O/c13-9-5-8(6-16)1-2-10(9)19-7-11-17-3-4-18(11)12(14)15/h1-5,12H,6-7,16H2. The van der Waals surface area contributed by atoms with Gasteiger partial charge in [0.1, 0.15) is 6.61 Å². The summed E-state index contributed by atoms with van der Waals surface area (Å²) in [6, 6.07) is 4.26. The summed E-state index contributed by atoms with van der Waals surface area (Å²) in [4.78, 5) is 3.73. The van der Waals surface area contributed by atoms with Gasteiger partial charge in [-0.1, -0.05) is 6.07 Å². The predicted molar refractivity (Wildman–Crippen MR) is 62.1 cm³/mol. The molecule has 19 heavy (non-hydrogen) atoms. The highest BCUT2D eigenvalue weighted by Gasteiger charge is 2.12. The fourth-order valence-corrected chi connectivity index (χ4v) is 1.56. The maximum atomic E-state index is 13.6. The Hall–Kier alpha value is -2.02. The van der Waals surface area contributed by atoms with Gasteiger partial charge in [-0.25, -0.2) is 9.37 Å². The Labute approximate surface area is 107 Å². The van der Waals surface area contributed by atoms with E-state index >= 15 is 0 Å². The van der Waals surface area contributed by atoms with Gasteiger partial charge in [0.05, 0.1) is 0 Å². The SMILES string of the molecule is NCc1ccc(OCc2nccn2C(F)F)c(F)c1. The fraction of sp³-hybridized carbons (Fsp3) is 0.250. The first-order valence-corrected chi connectivity index (χ1v) is 5.53. The molecule has 0 saturated heterocycles. The number of alkyl halides is 2. The zero-order valence-electron chi connectivity index (χ0n) is 9.89. The van der Waals surface area contributed by atoms with Gasteiger partial charge in [-0.05, 0) is 17.7 Å². The van der Waals surface area contributed by atoms with Crippen LogP contribution in [0.3, 0.4) is 0 Å². The number of benzene rings is 1. The molecule has 2 aromatic rings. The molecule has 102 valence electrons. The van der Waals surface area contributed by atoms with Gasteiger partial charge in [0.2, 0.25) is 0 Å². The Balaban J connectivity index is 2.08. The summed E-state index contributed by atoms with van der Waals surface area (Å²) in [5.41, 5.74) is 5.99. The molecule has 1 aromatic heterocycles. The molecule has 7 heteroatoms. The molecule has 0 radical (unpaired) electrons. The Bertz CT molecular complexity index is 557. The van der Waals surface area contributed by atoms with Crippen molar-refractivity contribution < 1.29 is 17.9 Å². The van der Waals surface area contributed by atoms with E-state index in [1.807, 2.05) is 0 Å². The molecule has 1 aromatic carbocycles. The number of hydrogen-bond acceptors (Lipinski definition) is 3. The first-order valence-electron chi connectivity index (χ1n) is 5.53. The van der Waals surface area contributed by atoms with Crippen molar-refractivity contribution in [2.24, 2.45) is 5.73 Å². The van der Waals surface area contributed by atoms with Crippen molar-refractivity contribution in [1.82, 2.24) is 9.55 Å². The number of nitrogens with two attached hydrogens (primary N) is 1. The molecule has 1 heterocycles. The lowest BCUT2D eigenvalue weighted by molar-refractivity contribution is 0.0631. The fourth-order valence-electron chi connectivity index (χ4n) is 1.56. The van der Waals surface area contributed by atoms with Crippen LogP contribution in [-0.4, -0.2) is 9.55 Å². The minimum atomic E-state index is -2.70. The van der Waals surface area contributed by atoms with E-state index in [2.05, 4.69) is 4.98 Å². The lowest BCUT2D eigenvalue weighted by Crippen LogP contribution is -2.08. The lowest BCUT2D eigenvalue weighted by atomic mass is 10.2. The van der Waals surface area contributed by atoms with Gasteiger partial charge in [0.15, 0.2) is 17.4 Å². The summed E-state index contributed by atoms with van der Waals surface area (Å²) in [7, 11) is 0. The van der Waals surface area contributed by atoms with E-state index in [9.17, 15) is 13.2 Å². The molecule has 2 N–H and O–H groups in total. The van der Waals surface area contributed by atoms with Gasteiger partial charge in [-0.2, -0.15) is 8.78 Å². The number of halogens is 3. The molecular weight excluding hydrogens is 259 g/mol. The normalized spacial score (nSPS) is 11.0. The van der Waals surface area contributed by atoms with Crippen LogP contribution in [0.25, 0.3) is 0 Å². The first kappa shape index (κ1) is 13.4. The van der Waals surface area contributed by atoms with Gasteiger partial charge in [0.25, 0.3) is 0 Å². The number of ether oxygens (including phenoxy) is 1. The Morgan fingerprint density at radius 2 is 2.16 bits per heavy atom. The number of imidazole rings is 1. The van der Waals surface area contributed by atoms with Crippen molar-refractivity contribution in [2.45, 2.75) is 19.7 Å². The maximum Gasteiger partial charge on any atom is 0.320 e. The highest BCUT2D eigenvalue weighted by molar-refractivity contribution is 5.29. The van der Waals surface area contributed by atoms with Crippen molar-refractivity contribution >= 4 is 0 Å². The van der Waals surface area contributed by atoms with E-state index in [4.69, 9.17) is 10.5 Å². The van der Waals surface area contributed by atoms with E-state index in [1.54, 1.807) is 6.07 Å². The average Bonchev–Trinajstić information content (AvgIpc) is 2.85. The zero-order valence-corrected chi connectivity index (χ0v) is 9.89. The van der Waals surface area contributed by atoms with E-state index in [0.29, 0.717) is 10.1 Å². The van der Waals surface area contributed by atoms with Crippen LogP contribution in [0.2, 0.25) is 0 Å². The Morgan fingerprint density at radius 3 is 2.79 bits per heavy atom. The predicted octanol–water partition coefficient (Wildman–Crippen LogP) is 2.46. The van der Waals surface area contributed by atoms with Crippen molar-refractivity contribution in [3.05, 3.63) is 47.8 Å². The smallest absolute Gasteiger partial charge is 0.320 e. The molecule has 0 fully saturated rings. The molecule has 0 aliphatic heterocycles. The second-order valence-corrected chi connectivity index (χ2v) is 3.79. The average molecular weight is 271 g/mol. The molecule has 0 bridgehead atoms. The van der Waals surface area contributed by atoms with E-state index < -0.39 is 12.4 Å². The molecule has 0 amide bonds. The van der Waals surface area contributed by atoms with Gasteiger partial charge < -0.3 is 10.5 Å². The molecule has 0 spiro atoms. The maximum absolute atomic E-state index is 13.6. The monoisotopic (exact) mass is 271 g/mol. The summed E-state index contributed by atoms with van der Waals surface area (Å²) in [6.45, 7) is -2.73. The molecule has 0 saturated carbocycles. The quantitative estimate of drug-likeness (QED) is 0.908. The second kappa shape index (κ2) is 5.75. The third kappa shape index (κ3) is 3.05. The van der Waals surface area contributed by atoms with E-state index in [0.717, 1.165) is 6.20 Å². The second-order valence-electron chi connectivity index (χ2n) is 3.79. The van der Waals surface area contributed by atoms with Crippen molar-refractivity contribution in [3.63, 3.8) is 0 Å². The topological polar surface area (TPSA) is 53.1 Å². The minimum Gasteiger partial charge on any atom is -0.483 e.